The molecule has 80 valence electrons. The molecule has 0 N–H and O–H groups in total. The van der Waals surface area contributed by atoms with Gasteiger partial charge in [-0.1, -0.05) is 18.7 Å². The number of allylic oxidation sites excluding steroid dienone is 1. The summed E-state index contributed by atoms with van der Waals surface area (Å²) < 4.78 is 5.55. The predicted octanol–water partition coefficient (Wildman–Crippen LogP) is 3.23. The van der Waals surface area contributed by atoms with Crippen LogP contribution in [-0.2, 0) is 0 Å². The van der Waals surface area contributed by atoms with Crippen molar-refractivity contribution in [3.8, 4) is 5.75 Å². The molecule has 0 unspecified atom stereocenters. The number of carbonyl (C=O) groups excluding carboxylic acids is 1. The second kappa shape index (κ2) is 4.78. The van der Waals surface area contributed by atoms with Crippen LogP contribution in [0.1, 0.15) is 31.1 Å². The lowest BCUT2D eigenvalue weighted by atomic mass is 10.1. The Morgan fingerprint density at radius 1 is 1.33 bits per heavy atom. The predicted molar refractivity (Wildman–Crippen MR) is 61.4 cm³/mol. The van der Waals surface area contributed by atoms with Crippen molar-refractivity contribution in [2.24, 2.45) is 0 Å². The minimum absolute atomic E-state index is 0.0593. The van der Waals surface area contributed by atoms with Crippen LogP contribution in [0, 0.1) is 0 Å². The van der Waals surface area contributed by atoms with Crippen LogP contribution in [0.3, 0.4) is 0 Å². The zero-order chi connectivity index (χ0) is 11.4. The van der Waals surface area contributed by atoms with Gasteiger partial charge in [-0.15, -0.1) is 0 Å². The number of ketones is 1. The lowest BCUT2D eigenvalue weighted by Gasteiger charge is -2.13. The Hall–Kier alpha value is -1.57. The first-order valence-electron chi connectivity index (χ1n) is 4.98. The number of hydrogen-bond acceptors (Lipinski definition) is 2. The van der Waals surface area contributed by atoms with Gasteiger partial charge >= 0.3 is 0 Å². The van der Waals surface area contributed by atoms with Crippen LogP contribution in [0.15, 0.2) is 36.4 Å². The van der Waals surface area contributed by atoms with E-state index in [1.165, 1.54) is 0 Å². The molecule has 1 aromatic rings. The third-order valence-electron chi connectivity index (χ3n) is 1.88. The highest BCUT2D eigenvalue weighted by atomic mass is 16.5. The summed E-state index contributed by atoms with van der Waals surface area (Å²) >= 11 is 0. The zero-order valence-electron chi connectivity index (χ0n) is 9.41. The summed E-state index contributed by atoms with van der Waals surface area (Å²) in [6.45, 7) is 9.21. The molecule has 0 fully saturated rings. The first kappa shape index (κ1) is 11.5. The fraction of sp³-hybridized carbons (Fsp3) is 0.308. The average Bonchev–Trinajstić information content (AvgIpc) is 2.16. The maximum absolute atomic E-state index is 11.8. The molecule has 0 aliphatic heterocycles. The molecule has 1 aromatic carbocycles. The molecule has 0 aromatic heterocycles. The van der Waals surface area contributed by atoms with Crippen molar-refractivity contribution in [2.45, 2.75) is 26.9 Å². The number of Topliss-reactive ketones (excluding diaryl/α,β-unsaturated/α-hetero) is 1. The first-order chi connectivity index (χ1) is 7.02. The van der Waals surface area contributed by atoms with E-state index in [9.17, 15) is 4.79 Å². The first-order valence-corrected chi connectivity index (χ1v) is 4.98. The normalized spacial score (nSPS) is 10.1. The topological polar surface area (TPSA) is 26.3 Å². The number of hydrogen-bond donors (Lipinski definition) is 0. The smallest absolute Gasteiger partial charge is 0.191 e. The Morgan fingerprint density at radius 3 is 2.47 bits per heavy atom. The van der Waals surface area contributed by atoms with Crippen LogP contribution in [0.25, 0.3) is 0 Å². The largest absolute Gasteiger partial charge is 0.490 e. The van der Waals surface area contributed by atoms with Crippen molar-refractivity contribution in [2.75, 3.05) is 0 Å². The van der Waals surface area contributed by atoms with Gasteiger partial charge in [0.05, 0.1) is 11.7 Å². The monoisotopic (exact) mass is 204 g/mol. The van der Waals surface area contributed by atoms with Gasteiger partial charge in [-0.25, -0.2) is 0 Å². The Balaban J connectivity index is 3.06. The van der Waals surface area contributed by atoms with Gasteiger partial charge in [0, 0.05) is 0 Å². The molecule has 0 amide bonds. The fourth-order valence-electron chi connectivity index (χ4n) is 1.24. The van der Waals surface area contributed by atoms with Crippen molar-refractivity contribution in [1.29, 1.82) is 0 Å². The number of ether oxygens (including phenoxy) is 1. The molecule has 0 heterocycles. The van der Waals surface area contributed by atoms with E-state index < -0.39 is 0 Å². The summed E-state index contributed by atoms with van der Waals surface area (Å²) in [5, 5.41) is 0. The third kappa shape index (κ3) is 2.94. The second-order valence-electron chi connectivity index (χ2n) is 3.77. The summed E-state index contributed by atoms with van der Waals surface area (Å²) in [6, 6.07) is 7.24. The molecule has 2 nitrogen and oxygen atoms in total. The van der Waals surface area contributed by atoms with Gasteiger partial charge in [-0.2, -0.15) is 0 Å². The average molecular weight is 204 g/mol. The Bertz CT molecular complexity index is 378. The quantitative estimate of drug-likeness (QED) is 0.556. The van der Waals surface area contributed by atoms with Gasteiger partial charge in [0.25, 0.3) is 0 Å². The van der Waals surface area contributed by atoms with Gasteiger partial charge in [0.15, 0.2) is 5.78 Å². The van der Waals surface area contributed by atoms with E-state index >= 15 is 0 Å². The standard InChI is InChI=1S/C13H16O2/c1-9(2)13(14)11-7-5-6-8-12(11)15-10(3)4/h5-8,10H,1H2,2-4H3. The minimum Gasteiger partial charge on any atom is -0.490 e. The van der Waals surface area contributed by atoms with Gasteiger partial charge in [0.2, 0.25) is 0 Å². The molecule has 15 heavy (non-hydrogen) atoms. The van der Waals surface area contributed by atoms with Crippen LogP contribution in [0.4, 0.5) is 0 Å². The molecule has 2 heteroatoms. The van der Waals surface area contributed by atoms with Crippen molar-refractivity contribution >= 4 is 5.78 Å². The fourth-order valence-corrected chi connectivity index (χ4v) is 1.24. The summed E-state index contributed by atoms with van der Waals surface area (Å²) in [4.78, 5) is 11.8. The molecule has 0 saturated heterocycles. The second-order valence-corrected chi connectivity index (χ2v) is 3.77. The van der Waals surface area contributed by atoms with Crippen LogP contribution < -0.4 is 4.74 Å². The Kier molecular flexibility index (Phi) is 3.67. The van der Waals surface area contributed by atoms with Crippen molar-refractivity contribution in [3.05, 3.63) is 42.0 Å². The van der Waals surface area contributed by atoms with E-state index in [-0.39, 0.29) is 11.9 Å². The molecular formula is C13H16O2. The number of carbonyl (C=O) groups is 1. The molecule has 0 spiro atoms. The van der Waals surface area contributed by atoms with E-state index in [0.29, 0.717) is 16.9 Å². The van der Waals surface area contributed by atoms with Gasteiger partial charge in [-0.05, 0) is 38.5 Å². The van der Waals surface area contributed by atoms with Crippen molar-refractivity contribution in [1.82, 2.24) is 0 Å². The van der Waals surface area contributed by atoms with Crippen molar-refractivity contribution < 1.29 is 9.53 Å². The maximum atomic E-state index is 11.8. The highest BCUT2D eigenvalue weighted by Gasteiger charge is 2.12. The van der Waals surface area contributed by atoms with Gasteiger partial charge in [-0.3, -0.25) is 4.79 Å². The van der Waals surface area contributed by atoms with Crippen molar-refractivity contribution in [3.63, 3.8) is 0 Å². The highest BCUT2D eigenvalue weighted by molar-refractivity contribution is 6.09. The van der Waals surface area contributed by atoms with Gasteiger partial charge in [0.1, 0.15) is 5.75 Å². The number of rotatable bonds is 4. The van der Waals surface area contributed by atoms with Crippen LogP contribution >= 0.6 is 0 Å². The van der Waals surface area contributed by atoms with E-state index in [1.807, 2.05) is 26.0 Å². The van der Waals surface area contributed by atoms with E-state index in [4.69, 9.17) is 4.74 Å². The summed E-state index contributed by atoms with van der Waals surface area (Å²) in [5.74, 6) is 0.562. The summed E-state index contributed by atoms with van der Waals surface area (Å²) in [7, 11) is 0. The van der Waals surface area contributed by atoms with Crippen LogP contribution in [-0.4, -0.2) is 11.9 Å². The molecule has 0 atom stereocenters. The Labute approximate surface area is 90.6 Å². The number of para-hydroxylation sites is 1. The van der Waals surface area contributed by atoms with Crippen LogP contribution in [0.5, 0.6) is 5.75 Å². The Morgan fingerprint density at radius 2 is 1.93 bits per heavy atom. The molecule has 0 saturated carbocycles. The molecule has 1 rings (SSSR count). The van der Waals surface area contributed by atoms with E-state index in [0.717, 1.165) is 0 Å². The zero-order valence-corrected chi connectivity index (χ0v) is 9.41. The lowest BCUT2D eigenvalue weighted by Crippen LogP contribution is -2.10. The highest BCUT2D eigenvalue weighted by Crippen LogP contribution is 2.21. The molecular weight excluding hydrogens is 188 g/mol. The molecule has 0 radical (unpaired) electrons. The summed E-state index contributed by atoms with van der Waals surface area (Å²) in [6.07, 6.45) is 0.0593. The third-order valence-corrected chi connectivity index (χ3v) is 1.88. The summed E-state index contributed by atoms with van der Waals surface area (Å²) in [5.41, 5.74) is 1.11. The minimum atomic E-state index is -0.0637. The maximum Gasteiger partial charge on any atom is 0.191 e. The molecule has 0 aliphatic rings. The SMILES string of the molecule is C=C(C)C(=O)c1ccccc1OC(C)C. The van der Waals surface area contributed by atoms with E-state index in [1.54, 1.807) is 19.1 Å². The molecule has 0 aliphatic carbocycles. The van der Waals surface area contributed by atoms with Crippen LogP contribution in [0.2, 0.25) is 0 Å². The lowest BCUT2D eigenvalue weighted by molar-refractivity contribution is 0.102. The molecule has 0 bridgehead atoms. The van der Waals surface area contributed by atoms with E-state index in [2.05, 4.69) is 6.58 Å². The van der Waals surface area contributed by atoms with Gasteiger partial charge < -0.3 is 4.74 Å². The number of benzene rings is 1.